The lowest BCUT2D eigenvalue weighted by molar-refractivity contribution is 0.101. The van der Waals surface area contributed by atoms with Gasteiger partial charge in [0.2, 0.25) is 0 Å². The van der Waals surface area contributed by atoms with Crippen molar-refractivity contribution in [3.8, 4) is 0 Å². The molecule has 27 heavy (non-hydrogen) atoms. The molecule has 1 aliphatic carbocycles. The van der Waals surface area contributed by atoms with Crippen molar-refractivity contribution >= 4 is 22.5 Å². The number of aryl methyl sites for hydroxylation is 1. The number of Topliss-reactive ketones (excluding diaryl/α,β-unsaturated/α-hetero) is 1. The Morgan fingerprint density at radius 3 is 2.70 bits per heavy atom. The summed E-state index contributed by atoms with van der Waals surface area (Å²) in [4.78, 5) is 16.8. The molecule has 0 bridgehead atoms. The smallest absolute Gasteiger partial charge is 0.163 e. The van der Waals surface area contributed by atoms with Gasteiger partial charge in [-0.3, -0.25) is 4.79 Å². The fourth-order valence-electron chi connectivity index (χ4n) is 4.07. The minimum Gasteiger partial charge on any atom is -0.369 e. The second-order valence-corrected chi connectivity index (χ2v) is 7.96. The zero-order valence-electron chi connectivity index (χ0n) is 17.0. The lowest BCUT2D eigenvalue weighted by Crippen LogP contribution is -2.40. The van der Waals surface area contributed by atoms with Crippen LogP contribution in [0.25, 0.3) is 10.9 Å². The van der Waals surface area contributed by atoms with Crippen LogP contribution in [0.3, 0.4) is 0 Å². The average Bonchev–Trinajstić information content (AvgIpc) is 2.67. The number of benzene rings is 1. The van der Waals surface area contributed by atoms with Crippen LogP contribution in [0.15, 0.2) is 24.3 Å². The van der Waals surface area contributed by atoms with Gasteiger partial charge in [0.1, 0.15) is 5.82 Å². The molecule has 0 spiro atoms. The quantitative estimate of drug-likeness (QED) is 0.626. The number of anilines is 1. The van der Waals surface area contributed by atoms with E-state index in [1.165, 1.54) is 37.7 Å². The highest BCUT2D eigenvalue weighted by atomic mass is 16.1. The number of carbonyl (C=O) groups excluding carboxylic acids is 1. The summed E-state index contributed by atoms with van der Waals surface area (Å²) in [5, 5.41) is 8.29. The van der Waals surface area contributed by atoms with E-state index in [4.69, 9.17) is 4.98 Å². The molecule has 1 heterocycles. The summed E-state index contributed by atoms with van der Waals surface area (Å²) in [6.07, 6.45) is 8.88. The highest BCUT2D eigenvalue weighted by Crippen LogP contribution is 2.23. The van der Waals surface area contributed by atoms with Gasteiger partial charge >= 0.3 is 0 Å². The predicted octanol–water partition coefficient (Wildman–Crippen LogP) is 5.25. The molecule has 0 radical (unpaired) electrons. The molecule has 1 atom stereocenters. The molecule has 0 saturated heterocycles. The number of hydrogen-bond acceptors (Lipinski definition) is 4. The van der Waals surface area contributed by atoms with Gasteiger partial charge in [-0.05, 0) is 57.7 Å². The highest BCUT2D eigenvalue weighted by molar-refractivity contribution is 6.02. The molecule has 2 N–H and O–H groups in total. The molecule has 1 unspecified atom stereocenters. The largest absolute Gasteiger partial charge is 0.369 e. The number of ketones is 1. The molecule has 4 heteroatoms. The number of carbonyl (C=O) groups is 1. The van der Waals surface area contributed by atoms with Gasteiger partial charge in [-0.1, -0.05) is 37.8 Å². The van der Waals surface area contributed by atoms with Crippen LogP contribution in [0.1, 0.15) is 74.7 Å². The van der Waals surface area contributed by atoms with Crippen LogP contribution >= 0.6 is 0 Å². The molecule has 0 amide bonds. The molecule has 2 aromatic rings. The molecular formula is C23H33N3O. The number of nitrogens with zero attached hydrogens (tertiary/aromatic N) is 1. The minimum atomic E-state index is 0.0563. The maximum atomic E-state index is 12.1. The molecule has 1 aromatic carbocycles. The summed E-state index contributed by atoms with van der Waals surface area (Å²) in [5.41, 5.74) is 2.79. The zero-order chi connectivity index (χ0) is 19.2. The van der Waals surface area contributed by atoms with Gasteiger partial charge in [0.25, 0.3) is 0 Å². The number of pyridine rings is 1. The molecule has 4 nitrogen and oxygen atoms in total. The SMILES string of the molecule is CCC(CCNc1nc2ccc(C)cc2cc1C(C)=O)NC1CCCCC1. The fourth-order valence-corrected chi connectivity index (χ4v) is 4.07. The third-order valence-corrected chi connectivity index (χ3v) is 5.70. The molecule has 1 aromatic heterocycles. The first-order valence-electron chi connectivity index (χ1n) is 10.5. The first kappa shape index (κ1) is 19.8. The van der Waals surface area contributed by atoms with Crippen molar-refractivity contribution in [2.24, 2.45) is 0 Å². The van der Waals surface area contributed by atoms with E-state index in [-0.39, 0.29) is 5.78 Å². The number of hydrogen-bond donors (Lipinski definition) is 2. The summed E-state index contributed by atoms with van der Waals surface area (Å²) >= 11 is 0. The Morgan fingerprint density at radius 2 is 2.00 bits per heavy atom. The van der Waals surface area contributed by atoms with E-state index in [0.717, 1.165) is 30.3 Å². The minimum absolute atomic E-state index is 0.0563. The third kappa shape index (κ3) is 5.29. The van der Waals surface area contributed by atoms with Crippen molar-refractivity contribution in [2.75, 3.05) is 11.9 Å². The van der Waals surface area contributed by atoms with Crippen LogP contribution < -0.4 is 10.6 Å². The van der Waals surface area contributed by atoms with Crippen LogP contribution in [0.4, 0.5) is 5.82 Å². The Bertz CT molecular complexity index is 781. The van der Waals surface area contributed by atoms with Gasteiger partial charge in [-0.15, -0.1) is 0 Å². The van der Waals surface area contributed by atoms with Crippen molar-refractivity contribution in [2.45, 2.75) is 77.8 Å². The maximum absolute atomic E-state index is 12.1. The monoisotopic (exact) mass is 367 g/mol. The van der Waals surface area contributed by atoms with Crippen molar-refractivity contribution in [3.63, 3.8) is 0 Å². The Hall–Kier alpha value is -1.94. The number of aromatic nitrogens is 1. The Morgan fingerprint density at radius 1 is 1.22 bits per heavy atom. The predicted molar refractivity (Wildman–Crippen MR) is 114 cm³/mol. The summed E-state index contributed by atoms with van der Waals surface area (Å²) in [6.45, 7) is 6.74. The molecule has 1 aliphatic rings. The van der Waals surface area contributed by atoms with Crippen LogP contribution in [0, 0.1) is 6.92 Å². The van der Waals surface area contributed by atoms with E-state index in [1.807, 2.05) is 12.1 Å². The van der Waals surface area contributed by atoms with Crippen molar-refractivity contribution in [3.05, 3.63) is 35.4 Å². The van der Waals surface area contributed by atoms with E-state index in [2.05, 4.69) is 36.6 Å². The summed E-state index contributed by atoms with van der Waals surface area (Å²) < 4.78 is 0. The van der Waals surface area contributed by atoms with Crippen LogP contribution in [-0.2, 0) is 0 Å². The van der Waals surface area contributed by atoms with E-state index in [1.54, 1.807) is 6.92 Å². The van der Waals surface area contributed by atoms with Gasteiger partial charge in [-0.25, -0.2) is 4.98 Å². The first-order valence-corrected chi connectivity index (χ1v) is 10.5. The third-order valence-electron chi connectivity index (χ3n) is 5.70. The molecule has 1 saturated carbocycles. The second-order valence-electron chi connectivity index (χ2n) is 7.96. The van der Waals surface area contributed by atoms with Crippen molar-refractivity contribution in [1.29, 1.82) is 0 Å². The van der Waals surface area contributed by atoms with Gasteiger partial charge in [-0.2, -0.15) is 0 Å². The van der Waals surface area contributed by atoms with E-state index in [9.17, 15) is 4.79 Å². The van der Waals surface area contributed by atoms with Crippen LogP contribution in [-0.4, -0.2) is 29.4 Å². The van der Waals surface area contributed by atoms with Crippen molar-refractivity contribution < 1.29 is 4.79 Å². The fraction of sp³-hybridized carbons (Fsp3) is 0.565. The van der Waals surface area contributed by atoms with E-state index < -0.39 is 0 Å². The van der Waals surface area contributed by atoms with Crippen molar-refractivity contribution in [1.82, 2.24) is 10.3 Å². The molecular weight excluding hydrogens is 334 g/mol. The maximum Gasteiger partial charge on any atom is 0.163 e. The van der Waals surface area contributed by atoms with Crippen LogP contribution in [0.5, 0.6) is 0 Å². The lowest BCUT2D eigenvalue weighted by Gasteiger charge is -2.28. The first-order chi connectivity index (χ1) is 13.1. The summed E-state index contributed by atoms with van der Waals surface area (Å²) in [5.74, 6) is 0.771. The number of fused-ring (bicyclic) bond motifs is 1. The van der Waals surface area contributed by atoms with Gasteiger partial charge in [0.15, 0.2) is 5.78 Å². The second kappa shape index (κ2) is 9.32. The molecule has 146 valence electrons. The van der Waals surface area contributed by atoms with Gasteiger partial charge in [0.05, 0.1) is 11.1 Å². The topological polar surface area (TPSA) is 54.0 Å². The van der Waals surface area contributed by atoms with Gasteiger partial charge < -0.3 is 10.6 Å². The number of rotatable bonds is 8. The zero-order valence-corrected chi connectivity index (χ0v) is 17.0. The Labute approximate surface area is 163 Å². The normalized spacial score (nSPS) is 16.4. The van der Waals surface area contributed by atoms with Gasteiger partial charge in [0, 0.05) is 24.0 Å². The average molecular weight is 368 g/mol. The standard InChI is InChI=1S/C23H33N3O/c1-4-19(25-20-8-6-5-7-9-20)12-13-24-23-21(17(3)27)15-18-14-16(2)10-11-22(18)26-23/h10-11,14-15,19-20,25H,4-9,12-13H2,1-3H3,(H,24,26). The van der Waals surface area contributed by atoms with E-state index in [0.29, 0.717) is 23.5 Å². The Balaban J connectivity index is 1.65. The lowest BCUT2D eigenvalue weighted by atomic mass is 9.94. The molecule has 3 rings (SSSR count). The Kier molecular flexibility index (Phi) is 6.84. The molecule has 1 fully saturated rings. The van der Waals surface area contributed by atoms with E-state index >= 15 is 0 Å². The molecule has 0 aliphatic heterocycles. The number of nitrogens with one attached hydrogen (secondary N) is 2. The highest BCUT2D eigenvalue weighted by Gasteiger charge is 2.17. The summed E-state index contributed by atoms with van der Waals surface area (Å²) in [7, 11) is 0. The van der Waals surface area contributed by atoms with Crippen LogP contribution in [0.2, 0.25) is 0 Å². The summed E-state index contributed by atoms with van der Waals surface area (Å²) in [6, 6.07) is 9.34.